The molecule has 0 spiro atoms. The van der Waals surface area contributed by atoms with Crippen LogP contribution in [-0.4, -0.2) is 36.5 Å². The van der Waals surface area contributed by atoms with E-state index in [2.05, 4.69) is 5.32 Å². The van der Waals surface area contributed by atoms with Crippen LogP contribution in [0, 0.1) is 11.7 Å². The SMILES string of the molecule is Cl.O=C([C@@H]1CCCN1)N1CCC(Cc2ccc(F)cc2)CC1. The Labute approximate surface area is 137 Å². The highest BCUT2D eigenvalue weighted by atomic mass is 35.5. The Morgan fingerprint density at radius 1 is 1.18 bits per heavy atom. The highest BCUT2D eigenvalue weighted by Crippen LogP contribution is 2.23. The number of halogens is 2. The molecule has 2 heterocycles. The van der Waals surface area contributed by atoms with Gasteiger partial charge in [-0.2, -0.15) is 0 Å². The predicted octanol–water partition coefficient (Wildman–Crippen LogP) is 2.78. The van der Waals surface area contributed by atoms with Gasteiger partial charge in [0.25, 0.3) is 0 Å². The number of nitrogens with zero attached hydrogens (tertiary/aromatic N) is 1. The summed E-state index contributed by atoms with van der Waals surface area (Å²) in [5.41, 5.74) is 1.19. The molecule has 1 aromatic rings. The average molecular weight is 327 g/mol. The van der Waals surface area contributed by atoms with Gasteiger partial charge in [-0.1, -0.05) is 12.1 Å². The number of likely N-dealkylation sites (tertiary alicyclic amines) is 1. The van der Waals surface area contributed by atoms with Crippen molar-refractivity contribution in [2.75, 3.05) is 19.6 Å². The Bertz CT molecular complexity index is 480. The van der Waals surface area contributed by atoms with E-state index in [0.717, 1.165) is 51.7 Å². The molecule has 2 aliphatic rings. The summed E-state index contributed by atoms with van der Waals surface area (Å²) in [6, 6.07) is 6.85. The molecule has 1 amide bonds. The molecular formula is C17H24ClFN2O. The second-order valence-corrected chi connectivity index (χ2v) is 6.25. The van der Waals surface area contributed by atoms with E-state index in [9.17, 15) is 9.18 Å². The molecule has 0 aromatic heterocycles. The van der Waals surface area contributed by atoms with Crippen molar-refractivity contribution in [2.24, 2.45) is 5.92 Å². The number of benzene rings is 1. The zero-order valence-electron chi connectivity index (χ0n) is 12.8. The molecule has 22 heavy (non-hydrogen) atoms. The second-order valence-electron chi connectivity index (χ2n) is 6.25. The highest BCUT2D eigenvalue weighted by molar-refractivity contribution is 5.85. The number of hydrogen-bond acceptors (Lipinski definition) is 2. The van der Waals surface area contributed by atoms with Gasteiger partial charge < -0.3 is 10.2 Å². The maximum atomic E-state index is 12.9. The molecular weight excluding hydrogens is 303 g/mol. The van der Waals surface area contributed by atoms with Crippen LogP contribution in [0.25, 0.3) is 0 Å². The largest absolute Gasteiger partial charge is 0.341 e. The summed E-state index contributed by atoms with van der Waals surface area (Å²) in [7, 11) is 0. The molecule has 1 atom stereocenters. The number of hydrogen-bond donors (Lipinski definition) is 1. The first kappa shape index (κ1) is 17.2. The number of carbonyl (C=O) groups is 1. The van der Waals surface area contributed by atoms with Crippen LogP contribution in [0.3, 0.4) is 0 Å². The third-order valence-corrected chi connectivity index (χ3v) is 4.72. The van der Waals surface area contributed by atoms with Gasteiger partial charge in [-0.15, -0.1) is 12.4 Å². The van der Waals surface area contributed by atoms with Crippen LogP contribution >= 0.6 is 12.4 Å². The topological polar surface area (TPSA) is 32.3 Å². The molecule has 2 saturated heterocycles. The Hall–Kier alpha value is -1.13. The first-order valence-corrected chi connectivity index (χ1v) is 7.99. The predicted molar refractivity (Wildman–Crippen MR) is 87.7 cm³/mol. The number of carbonyl (C=O) groups excluding carboxylic acids is 1. The molecule has 0 radical (unpaired) electrons. The minimum absolute atomic E-state index is 0. The van der Waals surface area contributed by atoms with Crippen molar-refractivity contribution in [1.29, 1.82) is 0 Å². The van der Waals surface area contributed by atoms with Crippen LogP contribution in [-0.2, 0) is 11.2 Å². The highest BCUT2D eigenvalue weighted by Gasteiger charge is 2.29. The molecule has 0 aliphatic carbocycles. The maximum absolute atomic E-state index is 12.9. The van der Waals surface area contributed by atoms with Crippen LogP contribution in [0.5, 0.6) is 0 Å². The van der Waals surface area contributed by atoms with Gasteiger partial charge in [-0.05, 0) is 62.3 Å². The summed E-state index contributed by atoms with van der Waals surface area (Å²) in [5.74, 6) is 0.715. The lowest BCUT2D eigenvalue weighted by atomic mass is 9.90. The van der Waals surface area contributed by atoms with E-state index in [4.69, 9.17) is 0 Å². The Balaban J connectivity index is 0.00000176. The standard InChI is InChI=1S/C17H23FN2O.ClH/c18-15-5-3-13(4-6-15)12-14-7-10-20(11-8-14)17(21)16-2-1-9-19-16;/h3-6,14,16,19H,1-2,7-12H2;1H/t16-;/m0./s1. The van der Waals surface area contributed by atoms with Gasteiger partial charge >= 0.3 is 0 Å². The molecule has 0 bridgehead atoms. The summed E-state index contributed by atoms with van der Waals surface area (Å²) >= 11 is 0. The number of rotatable bonds is 3. The number of amides is 1. The fourth-order valence-electron chi connectivity index (χ4n) is 3.43. The summed E-state index contributed by atoms with van der Waals surface area (Å²) in [6.07, 6.45) is 5.18. The normalized spacial score (nSPS) is 22.4. The van der Waals surface area contributed by atoms with Crippen molar-refractivity contribution in [1.82, 2.24) is 10.2 Å². The van der Waals surface area contributed by atoms with Crippen LogP contribution in [0.1, 0.15) is 31.2 Å². The zero-order valence-corrected chi connectivity index (χ0v) is 13.6. The van der Waals surface area contributed by atoms with Crippen molar-refractivity contribution in [3.8, 4) is 0 Å². The molecule has 2 aliphatic heterocycles. The zero-order chi connectivity index (χ0) is 14.7. The molecule has 2 fully saturated rings. The van der Waals surface area contributed by atoms with Crippen molar-refractivity contribution >= 4 is 18.3 Å². The van der Waals surface area contributed by atoms with Gasteiger partial charge in [0, 0.05) is 13.1 Å². The summed E-state index contributed by atoms with van der Waals surface area (Å²) in [5, 5.41) is 3.28. The lowest BCUT2D eigenvalue weighted by Crippen LogP contribution is -2.47. The van der Waals surface area contributed by atoms with Gasteiger partial charge in [-0.25, -0.2) is 4.39 Å². The molecule has 3 nitrogen and oxygen atoms in total. The van der Waals surface area contributed by atoms with E-state index >= 15 is 0 Å². The van der Waals surface area contributed by atoms with Gasteiger partial charge in [-0.3, -0.25) is 4.79 Å². The van der Waals surface area contributed by atoms with Gasteiger partial charge in [0.1, 0.15) is 5.82 Å². The van der Waals surface area contributed by atoms with Crippen LogP contribution < -0.4 is 5.32 Å². The minimum atomic E-state index is -0.178. The smallest absolute Gasteiger partial charge is 0.239 e. The van der Waals surface area contributed by atoms with Gasteiger partial charge in [0.15, 0.2) is 0 Å². The third-order valence-electron chi connectivity index (χ3n) is 4.72. The molecule has 1 N–H and O–H groups in total. The van der Waals surface area contributed by atoms with Crippen molar-refractivity contribution in [3.05, 3.63) is 35.6 Å². The summed E-state index contributed by atoms with van der Waals surface area (Å²) in [4.78, 5) is 14.3. The maximum Gasteiger partial charge on any atom is 0.239 e. The first-order chi connectivity index (χ1) is 10.2. The Morgan fingerprint density at radius 3 is 2.45 bits per heavy atom. The van der Waals surface area contributed by atoms with E-state index in [0.29, 0.717) is 5.92 Å². The first-order valence-electron chi connectivity index (χ1n) is 7.99. The van der Waals surface area contributed by atoms with E-state index in [1.165, 1.54) is 17.7 Å². The van der Waals surface area contributed by atoms with Crippen molar-refractivity contribution in [2.45, 2.75) is 38.1 Å². The fraction of sp³-hybridized carbons (Fsp3) is 0.588. The monoisotopic (exact) mass is 326 g/mol. The van der Waals surface area contributed by atoms with Crippen LogP contribution in [0.2, 0.25) is 0 Å². The molecule has 5 heteroatoms. The number of piperidine rings is 1. The number of nitrogens with one attached hydrogen (secondary N) is 1. The summed E-state index contributed by atoms with van der Waals surface area (Å²) in [6.45, 7) is 2.70. The summed E-state index contributed by atoms with van der Waals surface area (Å²) < 4.78 is 12.9. The Kier molecular flexibility index (Phi) is 6.21. The Morgan fingerprint density at radius 2 is 1.86 bits per heavy atom. The third kappa shape index (κ3) is 4.20. The van der Waals surface area contributed by atoms with Crippen molar-refractivity contribution < 1.29 is 9.18 Å². The fourth-order valence-corrected chi connectivity index (χ4v) is 3.43. The molecule has 0 unspecified atom stereocenters. The van der Waals surface area contributed by atoms with Crippen LogP contribution in [0.4, 0.5) is 4.39 Å². The quantitative estimate of drug-likeness (QED) is 0.926. The molecule has 122 valence electrons. The van der Waals surface area contributed by atoms with E-state index in [1.54, 1.807) is 0 Å². The lowest BCUT2D eigenvalue weighted by molar-refractivity contribution is -0.134. The lowest BCUT2D eigenvalue weighted by Gasteiger charge is -2.33. The van der Waals surface area contributed by atoms with E-state index in [1.807, 2.05) is 17.0 Å². The van der Waals surface area contributed by atoms with Crippen LogP contribution in [0.15, 0.2) is 24.3 Å². The van der Waals surface area contributed by atoms with Gasteiger partial charge in [0.05, 0.1) is 6.04 Å². The molecule has 1 aromatic carbocycles. The average Bonchev–Trinajstić information content (AvgIpc) is 3.04. The minimum Gasteiger partial charge on any atom is -0.341 e. The molecule has 0 saturated carbocycles. The van der Waals surface area contributed by atoms with E-state index < -0.39 is 0 Å². The van der Waals surface area contributed by atoms with E-state index in [-0.39, 0.29) is 30.2 Å². The van der Waals surface area contributed by atoms with Gasteiger partial charge in [0.2, 0.25) is 5.91 Å². The van der Waals surface area contributed by atoms with Crippen molar-refractivity contribution in [3.63, 3.8) is 0 Å². The second kappa shape index (κ2) is 7.93. The molecule has 3 rings (SSSR count).